The quantitative estimate of drug-likeness (QED) is 0.610. The van der Waals surface area contributed by atoms with Gasteiger partial charge in [-0.2, -0.15) is 4.68 Å². The zero-order chi connectivity index (χ0) is 17.9. The Morgan fingerprint density at radius 1 is 1.42 bits per heavy atom. The van der Waals surface area contributed by atoms with Crippen LogP contribution in [0.1, 0.15) is 24.2 Å². The summed E-state index contributed by atoms with van der Waals surface area (Å²) in [5, 5.41) is 10.0. The Balaban J connectivity index is 1.98. The Kier molecular flexibility index (Phi) is 5.50. The van der Waals surface area contributed by atoms with Crippen molar-refractivity contribution < 1.29 is 13.6 Å². The molecule has 0 aliphatic heterocycles. The number of benzene rings is 1. The number of hydrogen-bond acceptors (Lipinski definition) is 6. The summed E-state index contributed by atoms with van der Waals surface area (Å²) < 4.78 is 27.4. The molecule has 1 aromatic carbocycles. The molecule has 0 saturated heterocycles. The number of aromatic nitrogens is 3. The number of halogens is 2. The van der Waals surface area contributed by atoms with Crippen LogP contribution in [0.4, 0.5) is 8.78 Å². The predicted octanol–water partition coefficient (Wildman–Crippen LogP) is 0.908. The summed E-state index contributed by atoms with van der Waals surface area (Å²) in [7, 11) is 0. The van der Waals surface area contributed by atoms with Crippen LogP contribution in [0.2, 0.25) is 0 Å². The van der Waals surface area contributed by atoms with E-state index < -0.39 is 29.1 Å². The SMILES string of the molecule is Cc1nnc(SCC(=O)N[C@H](C)c2ccc(F)cc2F)n(N)c1=O. The highest BCUT2D eigenvalue weighted by Gasteiger charge is 2.16. The maximum Gasteiger partial charge on any atom is 0.294 e. The van der Waals surface area contributed by atoms with Gasteiger partial charge in [-0.05, 0) is 19.9 Å². The van der Waals surface area contributed by atoms with Crippen LogP contribution in [-0.2, 0) is 4.79 Å². The molecule has 7 nitrogen and oxygen atoms in total. The van der Waals surface area contributed by atoms with Crippen LogP contribution in [-0.4, -0.2) is 26.5 Å². The van der Waals surface area contributed by atoms with Crippen molar-refractivity contribution in [3.8, 4) is 0 Å². The first kappa shape index (κ1) is 17.9. The lowest BCUT2D eigenvalue weighted by molar-refractivity contribution is -0.119. The highest BCUT2D eigenvalue weighted by molar-refractivity contribution is 7.99. The molecule has 0 aliphatic carbocycles. The van der Waals surface area contributed by atoms with Crippen LogP contribution >= 0.6 is 11.8 Å². The predicted molar refractivity (Wildman–Crippen MR) is 84.8 cm³/mol. The summed E-state index contributed by atoms with van der Waals surface area (Å²) in [5.41, 5.74) is -0.193. The van der Waals surface area contributed by atoms with Crippen LogP contribution in [0.25, 0.3) is 0 Å². The van der Waals surface area contributed by atoms with Gasteiger partial charge in [0.25, 0.3) is 5.56 Å². The van der Waals surface area contributed by atoms with Crippen LogP contribution in [0.3, 0.4) is 0 Å². The Bertz CT molecular complexity index is 827. The Labute approximate surface area is 140 Å². The normalized spacial score (nSPS) is 12.0. The van der Waals surface area contributed by atoms with Gasteiger partial charge in [-0.1, -0.05) is 17.8 Å². The van der Waals surface area contributed by atoms with E-state index in [0.29, 0.717) is 0 Å². The highest BCUT2D eigenvalue weighted by Crippen LogP contribution is 2.18. The third kappa shape index (κ3) is 4.07. The monoisotopic (exact) mass is 355 g/mol. The summed E-state index contributed by atoms with van der Waals surface area (Å²) in [4.78, 5) is 23.5. The average Bonchev–Trinajstić information content (AvgIpc) is 2.51. The first-order chi connectivity index (χ1) is 11.3. The molecule has 0 saturated carbocycles. The molecule has 0 fully saturated rings. The van der Waals surface area contributed by atoms with Crippen molar-refractivity contribution in [1.82, 2.24) is 20.2 Å². The minimum absolute atomic E-state index is 0.0846. The van der Waals surface area contributed by atoms with Gasteiger partial charge in [0.1, 0.15) is 17.3 Å². The summed E-state index contributed by atoms with van der Waals surface area (Å²) in [6, 6.07) is 2.49. The van der Waals surface area contributed by atoms with Crippen LogP contribution in [0.5, 0.6) is 0 Å². The summed E-state index contributed by atoms with van der Waals surface area (Å²) in [6.45, 7) is 3.04. The topological polar surface area (TPSA) is 103 Å². The van der Waals surface area contributed by atoms with Gasteiger partial charge in [0.2, 0.25) is 11.1 Å². The summed E-state index contributed by atoms with van der Waals surface area (Å²) >= 11 is 0.920. The molecule has 2 aromatic rings. The molecule has 10 heteroatoms. The van der Waals surface area contributed by atoms with E-state index >= 15 is 0 Å². The fourth-order valence-corrected chi connectivity index (χ4v) is 2.58. The number of nitrogens with one attached hydrogen (secondary N) is 1. The van der Waals surface area contributed by atoms with Crippen molar-refractivity contribution in [2.75, 3.05) is 11.6 Å². The van der Waals surface area contributed by atoms with Gasteiger partial charge in [-0.3, -0.25) is 9.59 Å². The Morgan fingerprint density at radius 2 is 2.12 bits per heavy atom. The molecule has 0 aliphatic rings. The van der Waals surface area contributed by atoms with Gasteiger partial charge in [0.05, 0.1) is 11.8 Å². The van der Waals surface area contributed by atoms with E-state index in [2.05, 4.69) is 15.5 Å². The van der Waals surface area contributed by atoms with E-state index in [1.165, 1.54) is 13.0 Å². The van der Waals surface area contributed by atoms with E-state index in [1.54, 1.807) is 6.92 Å². The number of aryl methyl sites for hydroxylation is 1. The van der Waals surface area contributed by atoms with Crippen molar-refractivity contribution in [3.63, 3.8) is 0 Å². The molecule has 3 N–H and O–H groups in total. The second-order valence-corrected chi connectivity index (χ2v) is 5.93. The molecule has 0 bridgehead atoms. The van der Waals surface area contributed by atoms with Crippen molar-refractivity contribution in [2.45, 2.75) is 25.0 Å². The smallest absolute Gasteiger partial charge is 0.294 e. The lowest BCUT2D eigenvalue weighted by Crippen LogP contribution is -2.33. The minimum atomic E-state index is -0.740. The number of carbonyl (C=O) groups is 1. The standard InChI is InChI=1S/C14H15F2N5O2S/c1-7(10-4-3-9(15)5-11(10)16)18-12(22)6-24-14-20-19-8(2)13(23)21(14)17/h3-5,7H,6,17H2,1-2H3,(H,18,22)/t7-/m1/s1. The molecule has 1 atom stereocenters. The molecule has 24 heavy (non-hydrogen) atoms. The summed E-state index contributed by atoms with van der Waals surface area (Å²) in [5.74, 6) is 3.61. The molecule has 2 rings (SSSR count). The molecule has 1 amide bonds. The van der Waals surface area contributed by atoms with E-state index in [-0.39, 0.29) is 22.2 Å². The van der Waals surface area contributed by atoms with Crippen molar-refractivity contribution >= 4 is 17.7 Å². The van der Waals surface area contributed by atoms with Crippen molar-refractivity contribution in [2.24, 2.45) is 0 Å². The fourth-order valence-electron chi connectivity index (χ4n) is 1.91. The number of nitrogens with zero attached hydrogens (tertiary/aromatic N) is 3. The Morgan fingerprint density at radius 3 is 2.79 bits per heavy atom. The van der Waals surface area contributed by atoms with Crippen LogP contribution in [0, 0.1) is 18.6 Å². The zero-order valence-electron chi connectivity index (χ0n) is 12.9. The number of carbonyl (C=O) groups excluding carboxylic acids is 1. The first-order valence-corrected chi connectivity index (χ1v) is 7.86. The number of amides is 1. The van der Waals surface area contributed by atoms with Gasteiger partial charge in [0.15, 0.2) is 0 Å². The van der Waals surface area contributed by atoms with Gasteiger partial charge in [-0.15, -0.1) is 10.2 Å². The fraction of sp³-hybridized carbons (Fsp3) is 0.286. The second kappa shape index (κ2) is 7.39. The molecule has 0 radical (unpaired) electrons. The third-order valence-electron chi connectivity index (χ3n) is 3.16. The van der Waals surface area contributed by atoms with E-state index in [0.717, 1.165) is 28.6 Å². The largest absolute Gasteiger partial charge is 0.349 e. The Hall–Kier alpha value is -2.49. The molecule has 1 aromatic heterocycles. The zero-order valence-corrected chi connectivity index (χ0v) is 13.7. The van der Waals surface area contributed by atoms with E-state index in [4.69, 9.17) is 5.84 Å². The minimum Gasteiger partial charge on any atom is -0.349 e. The maximum atomic E-state index is 13.7. The third-order valence-corrected chi connectivity index (χ3v) is 4.10. The maximum absolute atomic E-state index is 13.7. The number of thioether (sulfide) groups is 1. The lowest BCUT2D eigenvalue weighted by Gasteiger charge is -2.15. The molecule has 0 unspecified atom stereocenters. The van der Waals surface area contributed by atoms with Gasteiger partial charge >= 0.3 is 0 Å². The van der Waals surface area contributed by atoms with Crippen molar-refractivity contribution in [1.29, 1.82) is 0 Å². The average molecular weight is 355 g/mol. The van der Waals surface area contributed by atoms with Crippen LogP contribution in [0.15, 0.2) is 28.2 Å². The van der Waals surface area contributed by atoms with E-state index in [1.807, 2.05) is 0 Å². The second-order valence-electron chi connectivity index (χ2n) is 4.99. The molecular formula is C14H15F2N5O2S. The molecular weight excluding hydrogens is 340 g/mol. The summed E-state index contributed by atoms with van der Waals surface area (Å²) in [6.07, 6.45) is 0. The van der Waals surface area contributed by atoms with Gasteiger partial charge < -0.3 is 11.2 Å². The number of nitrogens with two attached hydrogens (primary N) is 1. The number of nitrogen functional groups attached to an aromatic ring is 1. The van der Waals surface area contributed by atoms with Gasteiger partial charge in [-0.25, -0.2) is 8.78 Å². The van der Waals surface area contributed by atoms with Gasteiger partial charge in [0, 0.05) is 11.6 Å². The van der Waals surface area contributed by atoms with Crippen molar-refractivity contribution in [3.05, 3.63) is 51.4 Å². The lowest BCUT2D eigenvalue weighted by atomic mass is 10.1. The molecule has 1 heterocycles. The van der Waals surface area contributed by atoms with E-state index in [9.17, 15) is 18.4 Å². The van der Waals surface area contributed by atoms with Crippen LogP contribution < -0.4 is 16.7 Å². The number of hydrogen-bond donors (Lipinski definition) is 2. The highest BCUT2D eigenvalue weighted by atomic mass is 32.2. The number of rotatable bonds is 5. The first-order valence-electron chi connectivity index (χ1n) is 6.88. The molecule has 0 spiro atoms. The molecule has 128 valence electrons.